The van der Waals surface area contributed by atoms with Crippen LogP contribution in [0.4, 0.5) is 5.82 Å². The molecule has 3 heterocycles. The molecule has 0 radical (unpaired) electrons. The van der Waals surface area contributed by atoms with Gasteiger partial charge in [0.1, 0.15) is 17.6 Å². The molecule has 1 aromatic carbocycles. The maximum atomic E-state index is 8.79. The molecule has 0 fully saturated rings. The largest absolute Gasteiger partial charge is 0.495 e. The molecular weight excluding hydrogens is 444 g/mol. The number of aliphatic hydroxyl groups is 1. The van der Waals surface area contributed by atoms with E-state index in [1.54, 1.807) is 24.8 Å². The molecule has 0 unspecified atom stereocenters. The van der Waals surface area contributed by atoms with Gasteiger partial charge in [-0.05, 0) is 61.3 Å². The summed E-state index contributed by atoms with van der Waals surface area (Å²) in [5.74, 6) is 2.33. The van der Waals surface area contributed by atoms with E-state index in [2.05, 4.69) is 67.4 Å². The van der Waals surface area contributed by atoms with E-state index in [0.717, 1.165) is 29.1 Å². The summed E-state index contributed by atoms with van der Waals surface area (Å²) in [6.07, 6.45) is 7.28. The number of hydrogen-bond donors (Lipinski definition) is 2. The minimum absolute atomic E-state index is 0.377. The predicted molar refractivity (Wildman–Crippen MR) is 144 cm³/mol. The highest BCUT2D eigenvalue weighted by Crippen LogP contribution is 2.42. The Labute approximate surface area is 207 Å². The number of aliphatic hydroxyl groups excluding tert-OH is 1. The molecule has 6 nitrogen and oxygen atoms in total. The van der Waals surface area contributed by atoms with Crippen LogP contribution in [0.15, 0.2) is 30.6 Å². The maximum absolute atomic E-state index is 8.79. The number of fused-ring (bicyclic) bond motifs is 2. The summed E-state index contributed by atoms with van der Waals surface area (Å²) in [6, 6.07) is 8.73. The molecule has 0 aliphatic rings. The van der Waals surface area contributed by atoms with Crippen LogP contribution in [0.3, 0.4) is 0 Å². The van der Waals surface area contributed by atoms with Gasteiger partial charge in [0.15, 0.2) is 5.82 Å². The van der Waals surface area contributed by atoms with Gasteiger partial charge in [0, 0.05) is 29.8 Å². The second-order valence-electron chi connectivity index (χ2n) is 8.64. The normalized spacial score (nSPS) is 11.2. The third kappa shape index (κ3) is 5.53. The second kappa shape index (κ2) is 12.2. The Hall–Kier alpha value is -2.64. The minimum Gasteiger partial charge on any atom is -0.495 e. The Morgan fingerprint density at radius 2 is 1.85 bits per heavy atom. The van der Waals surface area contributed by atoms with E-state index in [1.807, 2.05) is 11.6 Å². The fourth-order valence-corrected chi connectivity index (χ4v) is 5.57. The fourth-order valence-electron chi connectivity index (χ4n) is 4.42. The number of methoxy groups -OCH3 is 1. The molecule has 0 aliphatic carbocycles. The molecule has 0 saturated heterocycles. The van der Waals surface area contributed by atoms with Crippen LogP contribution < -0.4 is 10.1 Å². The van der Waals surface area contributed by atoms with Gasteiger partial charge in [-0.3, -0.25) is 0 Å². The van der Waals surface area contributed by atoms with Crippen molar-refractivity contribution in [1.82, 2.24) is 14.6 Å². The lowest BCUT2D eigenvalue weighted by atomic mass is 10.00. The molecule has 3 aromatic heterocycles. The quantitative estimate of drug-likeness (QED) is 0.277. The second-order valence-corrected chi connectivity index (χ2v) is 9.70. The van der Waals surface area contributed by atoms with Crippen molar-refractivity contribution >= 4 is 32.8 Å². The van der Waals surface area contributed by atoms with Crippen LogP contribution in [0.25, 0.3) is 26.0 Å². The van der Waals surface area contributed by atoms with Gasteiger partial charge in [-0.25, -0.2) is 9.50 Å². The van der Waals surface area contributed by atoms with Crippen molar-refractivity contribution in [3.8, 4) is 16.2 Å². The first-order valence-electron chi connectivity index (χ1n) is 12.2. The van der Waals surface area contributed by atoms with Crippen LogP contribution >= 0.6 is 11.3 Å². The molecule has 4 rings (SSSR count). The lowest BCUT2D eigenvalue weighted by Crippen LogP contribution is -2.04. The molecule has 0 bridgehead atoms. The summed E-state index contributed by atoms with van der Waals surface area (Å²) in [5, 5.41) is 17.6. The van der Waals surface area contributed by atoms with Crippen LogP contribution in [0, 0.1) is 12.8 Å². The molecule has 0 atom stereocenters. The van der Waals surface area contributed by atoms with Crippen LogP contribution in [0.2, 0.25) is 0 Å². The number of nitrogens with one attached hydrogen (secondary N) is 1. The van der Waals surface area contributed by atoms with Gasteiger partial charge in [-0.2, -0.15) is 5.10 Å². The van der Waals surface area contributed by atoms with Crippen LogP contribution in [-0.4, -0.2) is 40.5 Å². The van der Waals surface area contributed by atoms with Crippen molar-refractivity contribution in [2.24, 2.45) is 5.92 Å². The lowest BCUT2D eigenvalue weighted by molar-refractivity contribution is 0.209. The first kappa shape index (κ1) is 26.0. The molecule has 7 heteroatoms. The van der Waals surface area contributed by atoms with E-state index in [-0.39, 0.29) is 0 Å². The molecule has 0 aliphatic heterocycles. The standard InChI is InChI=1S/C19H20N4OS.C8H18O/c1-5-13-9-14(17-19(20-3)21-10-22-23(13)17)16-8-12-6-11(2)7-15(24-4)18(12)25-16;1-3-5-8(7-9)6-4-2/h6-10H,5H2,1-4H3,(H,20,21,22);8-9H,3-7H2,1-2H3. The monoisotopic (exact) mass is 482 g/mol. The van der Waals surface area contributed by atoms with Gasteiger partial charge < -0.3 is 15.2 Å². The van der Waals surface area contributed by atoms with E-state index >= 15 is 0 Å². The zero-order valence-electron chi connectivity index (χ0n) is 21.3. The predicted octanol–water partition coefficient (Wildman–Crippen LogP) is 6.73. The number of nitrogens with zero attached hydrogens (tertiary/aromatic N) is 3. The number of rotatable bonds is 9. The van der Waals surface area contributed by atoms with Crippen LogP contribution in [0.5, 0.6) is 5.75 Å². The van der Waals surface area contributed by atoms with Crippen molar-refractivity contribution in [2.75, 3.05) is 26.1 Å². The zero-order chi connectivity index (χ0) is 24.7. The number of ether oxygens (including phenoxy) is 1. The molecule has 184 valence electrons. The fraction of sp³-hybridized carbons (Fsp3) is 0.481. The van der Waals surface area contributed by atoms with E-state index in [9.17, 15) is 0 Å². The number of thiophene rings is 1. The number of aromatic nitrogens is 3. The average Bonchev–Trinajstić information content (AvgIpc) is 3.44. The summed E-state index contributed by atoms with van der Waals surface area (Å²) in [5.41, 5.74) is 4.54. The van der Waals surface area contributed by atoms with Gasteiger partial charge in [0.2, 0.25) is 0 Å². The number of benzene rings is 1. The number of aryl methyl sites for hydroxylation is 2. The van der Waals surface area contributed by atoms with Gasteiger partial charge in [0.05, 0.1) is 11.8 Å². The highest BCUT2D eigenvalue weighted by Gasteiger charge is 2.18. The molecule has 0 saturated carbocycles. The van der Waals surface area contributed by atoms with E-state index in [0.29, 0.717) is 12.5 Å². The lowest BCUT2D eigenvalue weighted by Gasteiger charge is -2.09. The Morgan fingerprint density at radius 3 is 2.44 bits per heavy atom. The van der Waals surface area contributed by atoms with Crippen molar-refractivity contribution in [1.29, 1.82) is 0 Å². The smallest absolute Gasteiger partial charge is 0.154 e. The Kier molecular flexibility index (Phi) is 9.30. The molecule has 0 spiro atoms. The Bertz CT molecular complexity index is 1210. The number of anilines is 1. The summed E-state index contributed by atoms with van der Waals surface area (Å²) in [7, 11) is 3.62. The van der Waals surface area contributed by atoms with E-state index in [4.69, 9.17) is 9.84 Å². The minimum atomic E-state index is 0.377. The highest BCUT2D eigenvalue weighted by molar-refractivity contribution is 7.22. The molecule has 2 N–H and O–H groups in total. The van der Waals surface area contributed by atoms with Crippen LogP contribution in [-0.2, 0) is 6.42 Å². The van der Waals surface area contributed by atoms with Crippen molar-refractivity contribution in [2.45, 2.75) is 59.8 Å². The van der Waals surface area contributed by atoms with Gasteiger partial charge >= 0.3 is 0 Å². The van der Waals surface area contributed by atoms with Crippen molar-refractivity contribution < 1.29 is 9.84 Å². The Morgan fingerprint density at radius 1 is 1.12 bits per heavy atom. The Balaban J connectivity index is 0.000000309. The summed E-state index contributed by atoms with van der Waals surface area (Å²) >= 11 is 1.75. The van der Waals surface area contributed by atoms with E-state index < -0.39 is 0 Å². The molecule has 4 aromatic rings. The van der Waals surface area contributed by atoms with E-state index in [1.165, 1.54) is 51.9 Å². The first-order valence-corrected chi connectivity index (χ1v) is 13.0. The molecular formula is C27H38N4O2S. The topological polar surface area (TPSA) is 71.7 Å². The summed E-state index contributed by atoms with van der Waals surface area (Å²) in [4.78, 5) is 5.59. The van der Waals surface area contributed by atoms with Crippen molar-refractivity contribution in [3.05, 3.63) is 41.9 Å². The third-order valence-electron chi connectivity index (χ3n) is 6.09. The SMILES string of the molecule is CCCC(CO)CCC.CCc1cc(-c2cc3cc(C)cc(OC)c3s2)c2c(NC)ncnn12. The van der Waals surface area contributed by atoms with Gasteiger partial charge in [-0.1, -0.05) is 39.7 Å². The van der Waals surface area contributed by atoms with Crippen LogP contribution in [0.1, 0.15) is 57.7 Å². The third-order valence-corrected chi connectivity index (χ3v) is 7.29. The summed E-state index contributed by atoms with van der Waals surface area (Å²) < 4.78 is 8.74. The molecule has 0 amide bonds. The highest BCUT2D eigenvalue weighted by atomic mass is 32.1. The van der Waals surface area contributed by atoms with Crippen molar-refractivity contribution in [3.63, 3.8) is 0 Å². The maximum Gasteiger partial charge on any atom is 0.154 e. The number of hydrogen-bond acceptors (Lipinski definition) is 6. The van der Waals surface area contributed by atoms with Gasteiger partial charge in [-0.15, -0.1) is 11.3 Å². The first-order chi connectivity index (χ1) is 16.5. The van der Waals surface area contributed by atoms with Gasteiger partial charge in [0.25, 0.3) is 0 Å². The zero-order valence-corrected chi connectivity index (χ0v) is 22.1. The summed E-state index contributed by atoms with van der Waals surface area (Å²) in [6.45, 7) is 8.94. The molecule has 34 heavy (non-hydrogen) atoms. The average molecular weight is 483 g/mol.